The standard InChI is InChI=1S/C11H12Cl2FN/c12-8-6-9(13)10(14)5-7(8)11(15)3-1-2-4-11/h5-6H,1-4,15H2. The molecule has 2 N–H and O–H groups in total. The van der Waals surface area contributed by atoms with Crippen molar-refractivity contribution in [2.24, 2.45) is 5.73 Å². The minimum atomic E-state index is -0.470. The van der Waals surface area contributed by atoms with E-state index >= 15 is 0 Å². The normalized spacial score (nSPS) is 19.5. The van der Waals surface area contributed by atoms with Crippen LogP contribution in [-0.4, -0.2) is 0 Å². The molecule has 15 heavy (non-hydrogen) atoms. The Morgan fingerprint density at radius 1 is 1.13 bits per heavy atom. The Hall–Kier alpha value is -0.310. The van der Waals surface area contributed by atoms with Crippen LogP contribution in [0, 0.1) is 5.82 Å². The Bertz CT molecular complexity index is 386. The topological polar surface area (TPSA) is 26.0 Å². The van der Waals surface area contributed by atoms with Crippen molar-refractivity contribution in [3.8, 4) is 0 Å². The lowest BCUT2D eigenvalue weighted by atomic mass is 9.89. The third-order valence-corrected chi connectivity index (χ3v) is 3.64. The Kier molecular flexibility index (Phi) is 2.93. The summed E-state index contributed by atoms with van der Waals surface area (Å²) in [7, 11) is 0. The third-order valence-electron chi connectivity index (χ3n) is 3.04. The SMILES string of the molecule is NC1(c2cc(F)c(Cl)cc2Cl)CCCC1. The van der Waals surface area contributed by atoms with Gasteiger partial charge >= 0.3 is 0 Å². The molecule has 4 heteroatoms. The summed E-state index contributed by atoms with van der Waals surface area (Å²) in [6, 6.07) is 2.80. The lowest BCUT2D eigenvalue weighted by Crippen LogP contribution is -2.33. The molecule has 1 aliphatic carbocycles. The summed E-state index contributed by atoms with van der Waals surface area (Å²) in [6.07, 6.45) is 3.84. The lowest BCUT2D eigenvalue weighted by Gasteiger charge is -2.25. The van der Waals surface area contributed by atoms with Gasteiger partial charge in [0, 0.05) is 10.6 Å². The van der Waals surface area contributed by atoms with Crippen molar-refractivity contribution >= 4 is 23.2 Å². The van der Waals surface area contributed by atoms with Crippen molar-refractivity contribution in [2.45, 2.75) is 31.2 Å². The van der Waals surface area contributed by atoms with E-state index in [-0.39, 0.29) is 5.02 Å². The van der Waals surface area contributed by atoms with Gasteiger partial charge in [-0.3, -0.25) is 0 Å². The Morgan fingerprint density at radius 3 is 2.33 bits per heavy atom. The van der Waals surface area contributed by atoms with Gasteiger partial charge in [0.1, 0.15) is 5.82 Å². The van der Waals surface area contributed by atoms with Gasteiger partial charge in [0.2, 0.25) is 0 Å². The third kappa shape index (κ3) is 1.99. The summed E-state index contributed by atoms with van der Waals surface area (Å²) in [5.74, 6) is -0.451. The Labute approximate surface area is 98.4 Å². The molecule has 1 aliphatic rings. The van der Waals surface area contributed by atoms with Crippen LogP contribution in [0.2, 0.25) is 10.0 Å². The molecule has 1 aromatic carbocycles. The molecular formula is C11H12Cl2FN. The van der Waals surface area contributed by atoms with Crippen LogP contribution in [0.1, 0.15) is 31.2 Å². The molecule has 2 rings (SSSR count). The Balaban J connectivity index is 2.48. The average molecular weight is 248 g/mol. The van der Waals surface area contributed by atoms with Crippen LogP contribution in [-0.2, 0) is 5.54 Å². The molecule has 0 bridgehead atoms. The van der Waals surface area contributed by atoms with Crippen molar-refractivity contribution < 1.29 is 4.39 Å². The van der Waals surface area contributed by atoms with E-state index in [9.17, 15) is 4.39 Å². The van der Waals surface area contributed by atoms with Crippen LogP contribution in [0.25, 0.3) is 0 Å². The molecule has 1 nitrogen and oxygen atoms in total. The average Bonchev–Trinajstić information content (AvgIpc) is 2.60. The number of benzene rings is 1. The number of nitrogens with two attached hydrogens (primary N) is 1. The van der Waals surface area contributed by atoms with Gasteiger partial charge in [-0.15, -0.1) is 0 Å². The summed E-state index contributed by atoms with van der Waals surface area (Å²) in [6.45, 7) is 0. The van der Waals surface area contributed by atoms with Crippen LogP contribution in [0.5, 0.6) is 0 Å². The van der Waals surface area contributed by atoms with E-state index in [0.29, 0.717) is 10.6 Å². The smallest absolute Gasteiger partial charge is 0.142 e. The van der Waals surface area contributed by atoms with Crippen molar-refractivity contribution in [2.75, 3.05) is 0 Å². The summed E-state index contributed by atoms with van der Waals surface area (Å²) in [4.78, 5) is 0. The van der Waals surface area contributed by atoms with E-state index in [1.54, 1.807) is 0 Å². The summed E-state index contributed by atoms with van der Waals surface area (Å²) < 4.78 is 13.3. The van der Waals surface area contributed by atoms with Crippen molar-refractivity contribution in [1.29, 1.82) is 0 Å². The summed E-state index contributed by atoms with van der Waals surface area (Å²) >= 11 is 11.7. The largest absolute Gasteiger partial charge is 0.321 e. The second-order valence-electron chi connectivity index (χ2n) is 4.11. The number of hydrogen-bond acceptors (Lipinski definition) is 1. The highest BCUT2D eigenvalue weighted by molar-refractivity contribution is 6.35. The van der Waals surface area contributed by atoms with Gasteiger partial charge in [-0.25, -0.2) is 4.39 Å². The maximum atomic E-state index is 13.3. The van der Waals surface area contributed by atoms with Gasteiger partial charge in [-0.2, -0.15) is 0 Å². The van der Waals surface area contributed by atoms with Gasteiger partial charge < -0.3 is 5.73 Å². The molecular weight excluding hydrogens is 236 g/mol. The zero-order valence-corrected chi connectivity index (χ0v) is 9.71. The van der Waals surface area contributed by atoms with E-state index in [2.05, 4.69) is 0 Å². The van der Waals surface area contributed by atoms with Crippen LogP contribution < -0.4 is 5.73 Å². The fraction of sp³-hybridized carbons (Fsp3) is 0.455. The summed E-state index contributed by atoms with van der Waals surface area (Å²) in [5.41, 5.74) is 6.42. The maximum absolute atomic E-state index is 13.3. The number of hydrogen-bond donors (Lipinski definition) is 1. The highest BCUT2D eigenvalue weighted by atomic mass is 35.5. The van der Waals surface area contributed by atoms with E-state index in [1.807, 2.05) is 0 Å². The molecule has 82 valence electrons. The first-order valence-corrected chi connectivity index (χ1v) is 5.72. The predicted octanol–water partition coefficient (Wildman–Crippen LogP) is 3.86. The highest BCUT2D eigenvalue weighted by Crippen LogP contribution is 2.40. The zero-order chi connectivity index (χ0) is 11.1. The molecule has 0 unspecified atom stereocenters. The molecule has 1 aromatic rings. The minimum Gasteiger partial charge on any atom is -0.321 e. The van der Waals surface area contributed by atoms with E-state index < -0.39 is 11.4 Å². The van der Waals surface area contributed by atoms with Crippen molar-refractivity contribution in [3.05, 3.63) is 33.6 Å². The van der Waals surface area contributed by atoms with Crippen molar-refractivity contribution in [3.63, 3.8) is 0 Å². The monoisotopic (exact) mass is 247 g/mol. The second-order valence-corrected chi connectivity index (χ2v) is 4.92. The first-order valence-electron chi connectivity index (χ1n) is 4.97. The fourth-order valence-electron chi connectivity index (χ4n) is 2.18. The van der Waals surface area contributed by atoms with Gasteiger partial charge in [-0.05, 0) is 30.5 Å². The second kappa shape index (κ2) is 3.93. The molecule has 0 heterocycles. The lowest BCUT2D eigenvalue weighted by molar-refractivity contribution is 0.458. The molecule has 1 fully saturated rings. The molecule has 0 amide bonds. The van der Waals surface area contributed by atoms with Crippen LogP contribution >= 0.6 is 23.2 Å². The number of halogens is 3. The minimum absolute atomic E-state index is 0.0466. The first kappa shape index (κ1) is 11.2. The molecule has 0 spiro atoms. The summed E-state index contributed by atoms with van der Waals surface area (Å²) in [5, 5.41) is 0.510. The van der Waals surface area contributed by atoms with Gasteiger partial charge in [-0.1, -0.05) is 36.0 Å². The predicted molar refractivity (Wildman–Crippen MR) is 60.8 cm³/mol. The molecule has 0 aromatic heterocycles. The van der Waals surface area contributed by atoms with E-state index in [0.717, 1.165) is 25.7 Å². The van der Waals surface area contributed by atoms with Crippen LogP contribution in [0.3, 0.4) is 0 Å². The van der Waals surface area contributed by atoms with Gasteiger partial charge in [0.25, 0.3) is 0 Å². The Morgan fingerprint density at radius 2 is 1.73 bits per heavy atom. The highest BCUT2D eigenvalue weighted by Gasteiger charge is 2.33. The molecule has 0 aliphatic heterocycles. The van der Waals surface area contributed by atoms with Crippen LogP contribution in [0.15, 0.2) is 12.1 Å². The van der Waals surface area contributed by atoms with Gasteiger partial charge in [0.05, 0.1) is 5.02 Å². The first-order chi connectivity index (χ1) is 7.03. The zero-order valence-electron chi connectivity index (χ0n) is 8.19. The maximum Gasteiger partial charge on any atom is 0.142 e. The fourth-order valence-corrected chi connectivity index (χ4v) is 2.75. The van der Waals surface area contributed by atoms with E-state index in [4.69, 9.17) is 28.9 Å². The quantitative estimate of drug-likeness (QED) is 0.750. The van der Waals surface area contributed by atoms with Crippen molar-refractivity contribution in [1.82, 2.24) is 0 Å². The van der Waals surface area contributed by atoms with Crippen LogP contribution in [0.4, 0.5) is 4.39 Å². The molecule has 0 radical (unpaired) electrons. The molecule has 1 saturated carbocycles. The number of rotatable bonds is 1. The van der Waals surface area contributed by atoms with E-state index in [1.165, 1.54) is 12.1 Å². The van der Waals surface area contributed by atoms with Gasteiger partial charge in [0.15, 0.2) is 0 Å². The molecule has 0 saturated heterocycles. The molecule has 0 atom stereocenters.